The Morgan fingerprint density at radius 1 is 0.976 bits per heavy atom. The van der Waals surface area contributed by atoms with E-state index in [9.17, 15) is 19.5 Å². The number of hydrogen-bond donors (Lipinski definition) is 2. The zero-order valence-electron chi connectivity index (χ0n) is 24.9. The maximum atomic E-state index is 11.9. The Kier molecular flexibility index (Phi) is 8.49. The van der Waals surface area contributed by atoms with E-state index in [-0.39, 0.29) is 34.2 Å². The summed E-state index contributed by atoms with van der Waals surface area (Å²) in [6.07, 6.45) is 11.3. The molecule has 0 spiro atoms. The fourth-order valence-corrected chi connectivity index (χ4v) is 8.32. The second-order valence-electron chi connectivity index (χ2n) is 12.9. The number of hydrogen-bond acceptors (Lipinski definition) is 7. The lowest BCUT2D eigenvalue weighted by Gasteiger charge is -2.57. The van der Waals surface area contributed by atoms with Crippen LogP contribution in [0.5, 0.6) is 11.5 Å². The van der Waals surface area contributed by atoms with Gasteiger partial charge in [0.2, 0.25) is 0 Å². The third kappa shape index (κ3) is 5.70. The lowest BCUT2D eigenvalue weighted by molar-refractivity contribution is -0.159. The molecule has 7 heteroatoms. The Hall–Kier alpha value is -3.61. The summed E-state index contributed by atoms with van der Waals surface area (Å²) in [5.74, 6) is 2.03. The topological polar surface area (TPSA) is 116 Å². The molecule has 7 nitrogen and oxygen atoms in total. The number of fused-ring (bicyclic) bond motifs is 5. The van der Waals surface area contributed by atoms with Crippen molar-refractivity contribution in [1.29, 1.82) is 0 Å². The summed E-state index contributed by atoms with van der Waals surface area (Å²) in [6.45, 7) is 6.69. The van der Waals surface area contributed by atoms with Crippen molar-refractivity contribution in [2.45, 2.75) is 84.7 Å². The van der Waals surface area contributed by atoms with Crippen LogP contribution in [0.3, 0.4) is 0 Å². The summed E-state index contributed by atoms with van der Waals surface area (Å²) >= 11 is 0. The first-order valence-electron chi connectivity index (χ1n) is 15.3. The molecule has 0 saturated heterocycles. The molecular formula is C35H43NO6. The first-order valence-corrected chi connectivity index (χ1v) is 15.3. The minimum atomic E-state index is -0.617. The quantitative estimate of drug-likeness (QED) is 0.229. The van der Waals surface area contributed by atoms with Gasteiger partial charge in [0.25, 0.3) is 0 Å². The van der Waals surface area contributed by atoms with Crippen LogP contribution in [0, 0.1) is 28.6 Å². The van der Waals surface area contributed by atoms with Crippen molar-refractivity contribution < 1.29 is 29.0 Å². The van der Waals surface area contributed by atoms with Gasteiger partial charge in [-0.05, 0) is 98.5 Å². The van der Waals surface area contributed by atoms with E-state index in [1.807, 2.05) is 19.1 Å². The Labute approximate surface area is 248 Å². The number of phenols is 1. The Morgan fingerprint density at radius 3 is 2.45 bits per heavy atom. The van der Waals surface area contributed by atoms with Gasteiger partial charge in [-0.3, -0.25) is 9.59 Å². The fraction of sp³-hybridized carbons (Fsp3) is 0.514. The number of aromatic hydroxyl groups is 1. The number of ether oxygens (including phenoxy) is 2. The molecule has 3 N–H and O–H groups in total. The van der Waals surface area contributed by atoms with Crippen molar-refractivity contribution in [3.63, 3.8) is 0 Å². The first kappa shape index (κ1) is 29.9. The summed E-state index contributed by atoms with van der Waals surface area (Å²) in [5, 5.41) is 9.56. The van der Waals surface area contributed by atoms with Gasteiger partial charge in [0.05, 0.1) is 0 Å². The van der Waals surface area contributed by atoms with Crippen LogP contribution >= 0.6 is 0 Å². The monoisotopic (exact) mass is 573 g/mol. The summed E-state index contributed by atoms with van der Waals surface area (Å²) in [7, 11) is 0. The predicted octanol–water partition coefficient (Wildman–Crippen LogP) is 7.03. The zero-order chi connectivity index (χ0) is 30.1. The molecular weight excluding hydrogens is 530 g/mol. The smallest absolute Gasteiger partial charge is 0.347 e. The highest BCUT2D eigenvalue weighted by Gasteiger charge is 2.59. The lowest BCUT2D eigenvalue weighted by atomic mass is 9.47. The summed E-state index contributed by atoms with van der Waals surface area (Å²) < 4.78 is 10.9. The second-order valence-corrected chi connectivity index (χ2v) is 12.9. The Morgan fingerprint density at radius 2 is 1.74 bits per heavy atom. The van der Waals surface area contributed by atoms with Crippen LogP contribution in [0.15, 0.2) is 60.2 Å². The Bertz CT molecular complexity index is 1370. The third-order valence-electron chi connectivity index (χ3n) is 10.6. The van der Waals surface area contributed by atoms with Crippen molar-refractivity contribution in [3.05, 3.63) is 65.7 Å². The number of rotatable bonds is 4. The number of para-hydroxylation sites is 1. The number of carbonyl (C=O) groups excluding carboxylic acids is 3. The van der Waals surface area contributed by atoms with Crippen LogP contribution < -0.4 is 10.5 Å². The molecule has 6 rings (SSSR count). The van der Waals surface area contributed by atoms with Crippen LogP contribution in [0.25, 0.3) is 0 Å². The van der Waals surface area contributed by atoms with E-state index in [4.69, 9.17) is 15.2 Å². The third-order valence-corrected chi connectivity index (χ3v) is 10.6. The standard InChI is InChI=1S/C22H32O3.C13H11NO3/c1-4-20(24)25-19-8-7-17-16-6-5-14-13-15(23)9-11-21(14,2)18(16)10-12-22(17,19)3;14-9-6-7-11(12(15)8-9)13(16)17-10-4-2-1-3-5-10/h13,16-19H,4-12H2,1-3H3;1-8,15H,14H2. The molecule has 2 aromatic rings. The van der Waals surface area contributed by atoms with Crippen molar-refractivity contribution in [1.82, 2.24) is 0 Å². The minimum Gasteiger partial charge on any atom is -0.507 e. The number of anilines is 1. The molecule has 0 radical (unpaired) electrons. The minimum absolute atomic E-state index is 0.0411. The van der Waals surface area contributed by atoms with Gasteiger partial charge >= 0.3 is 11.9 Å². The molecule has 4 aliphatic rings. The average molecular weight is 574 g/mol. The highest BCUT2D eigenvalue weighted by atomic mass is 16.5. The SMILES string of the molecule is CCC(=O)OC1CCC2C3CCC4=CC(=O)CCC4(C)C3CCC12C.Nc1ccc(C(=O)Oc2ccccc2)c(O)c1. The van der Waals surface area contributed by atoms with Gasteiger partial charge in [-0.15, -0.1) is 0 Å². The molecule has 0 heterocycles. The van der Waals surface area contributed by atoms with E-state index < -0.39 is 5.97 Å². The molecule has 6 atom stereocenters. The molecule has 3 fully saturated rings. The Balaban J connectivity index is 0.000000181. The molecule has 0 amide bonds. The molecule has 42 heavy (non-hydrogen) atoms. The number of esters is 2. The molecule has 0 aromatic heterocycles. The summed E-state index contributed by atoms with van der Waals surface area (Å²) in [4.78, 5) is 35.5. The van der Waals surface area contributed by atoms with E-state index in [0.29, 0.717) is 35.5 Å². The molecule has 2 aromatic carbocycles. The fourth-order valence-electron chi connectivity index (χ4n) is 8.32. The number of benzene rings is 2. The van der Waals surface area contributed by atoms with Crippen molar-refractivity contribution in [3.8, 4) is 11.5 Å². The van der Waals surface area contributed by atoms with Crippen LogP contribution in [-0.2, 0) is 14.3 Å². The van der Waals surface area contributed by atoms with Gasteiger partial charge in [0, 0.05) is 30.0 Å². The lowest BCUT2D eigenvalue weighted by Crippen LogP contribution is -2.51. The van der Waals surface area contributed by atoms with E-state index in [1.54, 1.807) is 24.3 Å². The van der Waals surface area contributed by atoms with E-state index in [2.05, 4.69) is 13.8 Å². The van der Waals surface area contributed by atoms with Crippen LogP contribution in [0.2, 0.25) is 0 Å². The van der Waals surface area contributed by atoms with Gasteiger partial charge in [-0.25, -0.2) is 4.79 Å². The largest absolute Gasteiger partial charge is 0.507 e. The average Bonchev–Trinajstić information content (AvgIpc) is 3.30. The van der Waals surface area contributed by atoms with Gasteiger partial charge in [-0.2, -0.15) is 0 Å². The number of phenolic OH excluding ortho intramolecular Hbond substituents is 1. The number of allylic oxidation sites excluding steroid dienone is 1. The highest BCUT2D eigenvalue weighted by molar-refractivity contribution is 5.94. The molecule has 0 bridgehead atoms. The predicted molar refractivity (Wildman–Crippen MR) is 161 cm³/mol. The van der Waals surface area contributed by atoms with Gasteiger partial charge in [-0.1, -0.05) is 44.5 Å². The molecule has 0 aliphatic heterocycles. The number of nitrogen functional groups attached to an aromatic ring is 1. The highest BCUT2D eigenvalue weighted by Crippen LogP contribution is 2.65. The normalized spacial score (nSPS) is 31.3. The first-order chi connectivity index (χ1) is 20.0. The molecule has 6 unspecified atom stereocenters. The van der Waals surface area contributed by atoms with Crippen molar-refractivity contribution in [2.24, 2.45) is 28.6 Å². The number of ketones is 1. The zero-order valence-corrected chi connectivity index (χ0v) is 24.9. The van der Waals surface area contributed by atoms with Gasteiger partial charge < -0.3 is 20.3 Å². The molecule has 4 aliphatic carbocycles. The van der Waals surface area contributed by atoms with E-state index in [1.165, 1.54) is 43.0 Å². The number of nitrogens with two attached hydrogens (primary N) is 1. The van der Waals surface area contributed by atoms with E-state index >= 15 is 0 Å². The summed E-state index contributed by atoms with van der Waals surface area (Å²) in [5.41, 5.74) is 7.77. The maximum absolute atomic E-state index is 11.9. The van der Waals surface area contributed by atoms with Gasteiger partial charge in [0.15, 0.2) is 5.78 Å². The van der Waals surface area contributed by atoms with Crippen LogP contribution in [0.1, 0.15) is 88.9 Å². The molecule has 224 valence electrons. The maximum Gasteiger partial charge on any atom is 0.347 e. The van der Waals surface area contributed by atoms with Gasteiger partial charge in [0.1, 0.15) is 23.2 Å². The van der Waals surface area contributed by atoms with Crippen LogP contribution in [-0.4, -0.2) is 28.9 Å². The second kappa shape index (κ2) is 11.9. The van der Waals surface area contributed by atoms with Crippen molar-refractivity contribution >= 4 is 23.4 Å². The van der Waals surface area contributed by atoms with Crippen LogP contribution in [0.4, 0.5) is 5.69 Å². The van der Waals surface area contributed by atoms with E-state index in [0.717, 1.165) is 38.0 Å². The summed E-state index contributed by atoms with van der Waals surface area (Å²) in [6, 6.07) is 12.9. The molecule has 3 saturated carbocycles. The number of carbonyl (C=O) groups is 3. The van der Waals surface area contributed by atoms with Crippen molar-refractivity contribution in [2.75, 3.05) is 5.73 Å².